The zero-order valence-electron chi connectivity index (χ0n) is 19.9. The molecule has 4 atom stereocenters. The van der Waals surface area contributed by atoms with E-state index in [2.05, 4.69) is 43.5 Å². The summed E-state index contributed by atoms with van der Waals surface area (Å²) in [7, 11) is 0. The minimum Gasteiger partial charge on any atom is -0.481 e. The Kier molecular flexibility index (Phi) is 13.5. The molecule has 0 aliphatic carbocycles. The van der Waals surface area contributed by atoms with E-state index in [9.17, 15) is 24.0 Å². The van der Waals surface area contributed by atoms with Crippen molar-refractivity contribution in [1.29, 1.82) is 0 Å². The van der Waals surface area contributed by atoms with Crippen LogP contribution in [0.15, 0.2) is 17.5 Å². The Morgan fingerprint density at radius 3 is 2.11 bits per heavy atom. The lowest BCUT2D eigenvalue weighted by Gasteiger charge is -2.24. The highest BCUT2D eigenvalue weighted by molar-refractivity contribution is 7.80. The maximum atomic E-state index is 13.1. The van der Waals surface area contributed by atoms with Crippen molar-refractivity contribution in [3.05, 3.63) is 18.2 Å². The van der Waals surface area contributed by atoms with Crippen molar-refractivity contribution in [3.8, 4) is 0 Å². The van der Waals surface area contributed by atoms with Crippen molar-refractivity contribution in [2.24, 2.45) is 22.2 Å². The second kappa shape index (κ2) is 16.0. The number of carbonyl (C=O) groups excluding carboxylic acids is 3. The summed E-state index contributed by atoms with van der Waals surface area (Å²) in [6.45, 7) is 0.146. The van der Waals surface area contributed by atoms with Gasteiger partial charge in [0.1, 0.15) is 18.1 Å². The minimum atomic E-state index is -1.40. The SMILES string of the molecule is NC(N)=NCCCC(NC(=O)C(N)Cc1cnc[nH]1)C(=O)NC(CCC(=O)O)C(=O)NC(CS)C(=O)O. The van der Waals surface area contributed by atoms with Gasteiger partial charge in [0.15, 0.2) is 5.96 Å². The third kappa shape index (κ3) is 12.1. The van der Waals surface area contributed by atoms with Gasteiger partial charge in [-0.2, -0.15) is 12.6 Å². The molecule has 3 amide bonds. The Labute approximate surface area is 217 Å². The van der Waals surface area contributed by atoms with Crippen LogP contribution in [-0.2, 0) is 30.4 Å². The van der Waals surface area contributed by atoms with Gasteiger partial charge in [0.05, 0.1) is 12.4 Å². The molecule has 0 saturated carbocycles. The largest absolute Gasteiger partial charge is 0.481 e. The summed E-state index contributed by atoms with van der Waals surface area (Å²) < 4.78 is 0. The monoisotopic (exact) mass is 543 g/mol. The van der Waals surface area contributed by atoms with E-state index in [1.54, 1.807) is 0 Å². The molecule has 0 bridgehead atoms. The molecule has 16 nitrogen and oxygen atoms in total. The van der Waals surface area contributed by atoms with Gasteiger partial charge < -0.3 is 48.3 Å². The van der Waals surface area contributed by atoms with Gasteiger partial charge in [-0.25, -0.2) is 9.78 Å². The third-order valence-electron chi connectivity index (χ3n) is 4.99. The van der Waals surface area contributed by atoms with Gasteiger partial charge in [-0.1, -0.05) is 0 Å². The quantitative estimate of drug-likeness (QED) is 0.0401. The van der Waals surface area contributed by atoms with Gasteiger partial charge in [-0.3, -0.25) is 24.2 Å². The molecule has 0 radical (unpaired) electrons. The summed E-state index contributed by atoms with van der Waals surface area (Å²) in [5.41, 5.74) is 17.1. The number of carboxylic acid groups (broad SMARTS) is 2. The molecule has 0 aromatic carbocycles. The maximum Gasteiger partial charge on any atom is 0.327 e. The number of aliphatic imine (C=N–C) groups is 1. The summed E-state index contributed by atoms with van der Waals surface area (Å²) in [6.07, 6.45) is 2.51. The van der Waals surface area contributed by atoms with E-state index < -0.39 is 60.2 Å². The lowest BCUT2D eigenvalue weighted by molar-refractivity contribution is -0.142. The predicted molar refractivity (Wildman–Crippen MR) is 134 cm³/mol. The van der Waals surface area contributed by atoms with Crippen molar-refractivity contribution in [1.82, 2.24) is 25.9 Å². The number of carboxylic acids is 2. The molecule has 0 aliphatic rings. The first kappa shape index (κ1) is 31.2. The Hall–Kier alpha value is -3.86. The van der Waals surface area contributed by atoms with Crippen LogP contribution in [0.5, 0.6) is 0 Å². The molecule has 0 aliphatic heterocycles. The number of carbonyl (C=O) groups is 5. The van der Waals surface area contributed by atoms with Crippen LogP contribution in [-0.4, -0.2) is 92.3 Å². The first-order chi connectivity index (χ1) is 17.4. The number of amides is 3. The zero-order chi connectivity index (χ0) is 28.0. The average molecular weight is 544 g/mol. The fourth-order valence-electron chi connectivity index (χ4n) is 3.04. The molecule has 0 fully saturated rings. The first-order valence-corrected chi connectivity index (χ1v) is 11.8. The number of aliphatic carboxylic acids is 2. The Morgan fingerprint density at radius 2 is 1.59 bits per heavy atom. The van der Waals surface area contributed by atoms with Crippen LogP contribution in [0.4, 0.5) is 0 Å². The topological polar surface area (TPSA) is 281 Å². The summed E-state index contributed by atoms with van der Waals surface area (Å²) in [4.78, 5) is 71.2. The highest BCUT2D eigenvalue weighted by Crippen LogP contribution is 2.05. The van der Waals surface area contributed by atoms with Crippen molar-refractivity contribution in [3.63, 3.8) is 0 Å². The predicted octanol–water partition coefficient (Wildman–Crippen LogP) is -3.33. The fourth-order valence-corrected chi connectivity index (χ4v) is 3.29. The molecule has 1 rings (SSSR count). The summed E-state index contributed by atoms with van der Waals surface area (Å²) in [5, 5.41) is 25.3. The van der Waals surface area contributed by atoms with Crippen molar-refractivity contribution >= 4 is 48.2 Å². The number of nitrogens with two attached hydrogens (primary N) is 3. The average Bonchev–Trinajstić information content (AvgIpc) is 3.33. The highest BCUT2D eigenvalue weighted by atomic mass is 32.1. The minimum absolute atomic E-state index is 0.0484. The molecule has 1 heterocycles. The molecule has 37 heavy (non-hydrogen) atoms. The molecule has 206 valence electrons. The number of aromatic amines is 1. The van der Waals surface area contributed by atoms with Crippen molar-refractivity contribution in [2.45, 2.75) is 56.3 Å². The lowest BCUT2D eigenvalue weighted by Crippen LogP contribution is -2.57. The van der Waals surface area contributed by atoms with Gasteiger partial charge in [0, 0.05) is 37.0 Å². The van der Waals surface area contributed by atoms with Crippen LogP contribution in [0.1, 0.15) is 31.4 Å². The second-order valence-electron chi connectivity index (χ2n) is 7.97. The lowest BCUT2D eigenvalue weighted by atomic mass is 10.1. The number of imidazole rings is 1. The fraction of sp³-hybridized carbons (Fsp3) is 0.550. The molecular formula is C20H33N9O7S. The maximum absolute atomic E-state index is 13.1. The van der Waals surface area contributed by atoms with E-state index in [0.29, 0.717) is 5.69 Å². The normalized spacial score (nSPS) is 13.9. The Bertz CT molecular complexity index is 954. The molecule has 1 aromatic rings. The zero-order valence-corrected chi connectivity index (χ0v) is 20.8. The van der Waals surface area contributed by atoms with E-state index in [1.807, 2.05) is 0 Å². The number of nitrogens with one attached hydrogen (secondary N) is 4. The summed E-state index contributed by atoms with van der Waals surface area (Å²) >= 11 is 3.86. The van der Waals surface area contributed by atoms with E-state index >= 15 is 0 Å². The molecule has 4 unspecified atom stereocenters. The second-order valence-corrected chi connectivity index (χ2v) is 8.34. The van der Waals surface area contributed by atoms with Gasteiger partial charge in [-0.05, 0) is 19.3 Å². The highest BCUT2D eigenvalue weighted by Gasteiger charge is 2.30. The molecule has 1 aromatic heterocycles. The molecule has 0 spiro atoms. The Morgan fingerprint density at radius 1 is 1.00 bits per heavy atom. The molecule has 12 N–H and O–H groups in total. The molecule has 0 saturated heterocycles. The summed E-state index contributed by atoms with van der Waals surface area (Å²) in [6, 6.07) is -4.99. The van der Waals surface area contributed by atoms with E-state index in [0.717, 1.165) is 0 Å². The van der Waals surface area contributed by atoms with Crippen LogP contribution >= 0.6 is 12.6 Å². The number of hydrogen-bond donors (Lipinski definition) is 10. The van der Waals surface area contributed by atoms with Gasteiger partial charge >= 0.3 is 11.9 Å². The first-order valence-electron chi connectivity index (χ1n) is 11.2. The van der Waals surface area contributed by atoms with Gasteiger partial charge in [0.2, 0.25) is 17.7 Å². The number of thiol groups is 1. The number of aromatic nitrogens is 2. The van der Waals surface area contributed by atoms with Crippen molar-refractivity contribution in [2.75, 3.05) is 12.3 Å². The number of rotatable bonds is 17. The number of guanidine groups is 1. The van der Waals surface area contributed by atoms with E-state index in [-0.39, 0.29) is 43.9 Å². The van der Waals surface area contributed by atoms with Crippen LogP contribution in [0.3, 0.4) is 0 Å². The van der Waals surface area contributed by atoms with E-state index in [4.69, 9.17) is 27.4 Å². The molecule has 17 heteroatoms. The van der Waals surface area contributed by atoms with Gasteiger partial charge in [-0.15, -0.1) is 0 Å². The summed E-state index contributed by atoms with van der Waals surface area (Å²) in [5.74, 6) is -5.38. The number of H-pyrrole nitrogens is 1. The van der Waals surface area contributed by atoms with Crippen LogP contribution < -0.4 is 33.2 Å². The van der Waals surface area contributed by atoms with Crippen LogP contribution in [0.25, 0.3) is 0 Å². The third-order valence-corrected chi connectivity index (χ3v) is 5.35. The van der Waals surface area contributed by atoms with Crippen LogP contribution in [0.2, 0.25) is 0 Å². The smallest absolute Gasteiger partial charge is 0.327 e. The standard InChI is InChI=1S/C20H33N9O7S/c21-11(6-10-7-24-9-26-10)16(32)27-12(2-1-5-25-20(22)23)17(33)28-13(3-4-15(30)31)18(34)29-14(8-37)19(35)36/h7,9,11-14,37H,1-6,8,21H2,(H,24,26)(H,27,32)(H,28,33)(H,29,34)(H,30,31)(H,35,36)(H4,22,23,25). The van der Waals surface area contributed by atoms with E-state index in [1.165, 1.54) is 12.5 Å². The molecular weight excluding hydrogens is 510 g/mol. The van der Waals surface area contributed by atoms with Crippen LogP contribution in [0, 0.1) is 0 Å². The van der Waals surface area contributed by atoms with Gasteiger partial charge in [0.25, 0.3) is 0 Å². The number of hydrogen-bond acceptors (Lipinski definition) is 9. The Balaban J connectivity index is 3.00. The number of nitrogens with zero attached hydrogens (tertiary/aromatic N) is 2. The van der Waals surface area contributed by atoms with Crippen molar-refractivity contribution < 1.29 is 34.2 Å².